The molecule has 0 saturated carbocycles. The van der Waals surface area contributed by atoms with Crippen molar-refractivity contribution in [3.05, 3.63) is 22.4 Å². The van der Waals surface area contributed by atoms with Crippen LogP contribution in [0.2, 0.25) is 0 Å². The lowest BCUT2D eigenvalue weighted by Gasteiger charge is -2.22. The molecule has 1 aromatic heterocycles. The molecule has 0 aromatic carbocycles. The molecule has 1 unspecified atom stereocenters. The van der Waals surface area contributed by atoms with Gasteiger partial charge < -0.3 is 9.42 Å². The number of hydrogen-bond donors (Lipinski definition) is 1. The van der Waals surface area contributed by atoms with E-state index in [0.717, 1.165) is 5.56 Å². The maximum Gasteiger partial charge on any atom is 0.317 e. The summed E-state index contributed by atoms with van der Waals surface area (Å²) in [6.45, 7) is 3.64. The van der Waals surface area contributed by atoms with Crippen LogP contribution in [0.4, 0.5) is 0 Å². The highest BCUT2D eigenvalue weighted by Gasteiger charge is 2.24. The van der Waals surface area contributed by atoms with E-state index in [1.54, 1.807) is 11.3 Å². The van der Waals surface area contributed by atoms with E-state index < -0.39 is 8.25 Å². The van der Waals surface area contributed by atoms with Crippen LogP contribution < -0.4 is 0 Å². The fourth-order valence-electron chi connectivity index (χ4n) is 1.44. The van der Waals surface area contributed by atoms with Gasteiger partial charge in [-0.15, -0.1) is 0 Å². The van der Waals surface area contributed by atoms with Gasteiger partial charge in [-0.2, -0.15) is 11.3 Å². The Bertz CT molecular complexity index is 372. The molecule has 1 aromatic rings. The third-order valence-corrected chi connectivity index (χ3v) is 3.37. The number of rotatable bonds is 6. The van der Waals surface area contributed by atoms with Crippen LogP contribution in [-0.2, 0) is 19.3 Å². The molecule has 0 aliphatic heterocycles. The predicted octanol–water partition coefficient (Wildman–Crippen LogP) is 2.38. The maximum absolute atomic E-state index is 11.5. The van der Waals surface area contributed by atoms with Crippen molar-refractivity contribution in [2.24, 2.45) is 0 Å². The fourth-order valence-corrected chi connectivity index (χ4v) is 2.57. The first kappa shape index (κ1) is 13.6. The molecule has 0 amide bonds. The zero-order chi connectivity index (χ0) is 12.2. The molecule has 0 bridgehead atoms. The molecule has 6 heteroatoms. The molecule has 0 aliphatic rings. The number of ketones is 1. The second kappa shape index (κ2) is 5.73. The Morgan fingerprint density at radius 3 is 2.81 bits per heavy atom. The van der Waals surface area contributed by atoms with E-state index in [1.807, 2.05) is 30.7 Å². The normalized spacial score (nSPS) is 13.7. The van der Waals surface area contributed by atoms with Crippen LogP contribution in [0.25, 0.3) is 0 Å². The van der Waals surface area contributed by atoms with Crippen molar-refractivity contribution in [1.29, 1.82) is 0 Å². The van der Waals surface area contributed by atoms with Crippen LogP contribution in [0.5, 0.6) is 0 Å². The van der Waals surface area contributed by atoms with Gasteiger partial charge in [-0.25, -0.2) is 0 Å². The second-order valence-corrected chi connectivity index (χ2v) is 5.77. The summed E-state index contributed by atoms with van der Waals surface area (Å²) in [5.41, 5.74) is 0.841. The first-order chi connectivity index (χ1) is 7.42. The molecule has 1 rings (SSSR count). The van der Waals surface area contributed by atoms with Crippen molar-refractivity contribution in [3.63, 3.8) is 0 Å². The molecular weight excluding hydrogens is 247 g/mol. The lowest BCUT2D eigenvalue weighted by atomic mass is 9.82. The quantitative estimate of drug-likeness (QED) is 0.799. The monoisotopic (exact) mass is 262 g/mol. The van der Waals surface area contributed by atoms with Gasteiger partial charge in [0.25, 0.3) is 0 Å². The standard InChI is InChI=1S/C10H15O4PS/c1-10(2,8-3-4-16-7-8)5-9(11)6-14-15(12)13/h3-4,7,15H,5-6H2,1-2H3,(H,12,13). The Morgan fingerprint density at radius 2 is 2.31 bits per heavy atom. The van der Waals surface area contributed by atoms with Crippen LogP contribution >= 0.6 is 19.6 Å². The van der Waals surface area contributed by atoms with E-state index in [2.05, 4.69) is 4.52 Å². The highest BCUT2D eigenvalue weighted by molar-refractivity contribution is 7.32. The van der Waals surface area contributed by atoms with E-state index in [0.29, 0.717) is 6.42 Å². The van der Waals surface area contributed by atoms with Crippen LogP contribution in [0.3, 0.4) is 0 Å². The number of Topliss-reactive ketones (excluding diaryl/α,β-unsaturated/α-hetero) is 1. The van der Waals surface area contributed by atoms with Gasteiger partial charge >= 0.3 is 8.25 Å². The molecule has 90 valence electrons. The summed E-state index contributed by atoms with van der Waals surface area (Å²) < 4.78 is 14.7. The van der Waals surface area contributed by atoms with Crippen LogP contribution in [0, 0.1) is 0 Å². The van der Waals surface area contributed by atoms with E-state index in [9.17, 15) is 9.36 Å². The molecule has 16 heavy (non-hydrogen) atoms. The van der Waals surface area contributed by atoms with Gasteiger partial charge in [-0.1, -0.05) is 13.8 Å². The van der Waals surface area contributed by atoms with Gasteiger partial charge in [0.15, 0.2) is 5.78 Å². The molecule has 0 saturated heterocycles. The van der Waals surface area contributed by atoms with E-state index >= 15 is 0 Å². The minimum absolute atomic E-state index is 0.163. The summed E-state index contributed by atoms with van der Waals surface area (Å²) in [5.74, 6) is -0.163. The van der Waals surface area contributed by atoms with Gasteiger partial charge in [0.1, 0.15) is 6.61 Å². The summed E-state index contributed by atoms with van der Waals surface area (Å²) in [4.78, 5) is 20.0. The predicted molar refractivity (Wildman–Crippen MR) is 64.1 cm³/mol. The molecule has 1 N–H and O–H groups in total. The Labute approximate surface area is 99.2 Å². The lowest BCUT2D eigenvalue weighted by Crippen LogP contribution is -2.23. The van der Waals surface area contributed by atoms with Gasteiger partial charge in [-0.3, -0.25) is 9.36 Å². The molecule has 0 fully saturated rings. The van der Waals surface area contributed by atoms with Crippen LogP contribution in [0.1, 0.15) is 25.8 Å². The molecule has 0 spiro atoms. The topological polar surface area (TPSA) is 63.6 Å². The Morgan fingerprint density at radius 1 is 1.62 bits per heavy atom. The first-order valence-corrected chi connectivity index (χ1v) is 7.02. The largest absolute Gasteiger partial charge is 0.326 e. The number of hydrogen-bond acceptors (Lipinski definition) is 4. The SMILES string of the molecule is CC(C)(CC(=O)CO[PH](=O)O)c1ccsc1. The van der Waals surface area contributed by atoms with Crippen molar-refractivity contribution in [2.45, 2.75) is 25.7 Å². The number of thiophene rings is 1. The summed E-state index contributed by atoms with van der Waals surface area (Å²) in [5, 5.41) is 3.97. The molecule has 1 atom stereocenters. The van der Waals surface area contributed by atoms with E-state index in [4.69, 9.17) is 4.89 Å². The summed E-state index contributed by atoms with van der Waals surface area (Å²) in [7, 11) is -3.01. The van der Waals surface area contributed by atoms with Gasteiger partial charge in [-0.05, 0) is 27.8 Å². The van der Waals surface area contributed by atoms with Crippen molar-refractivity contribution in [3.8, 4) is 0 Å². The van der Waals surface area contributed by atoms with Gasteiger partial charge in [0.2, 0.25) is 0 Å². The Balaban J connectivity index is 2.53. The summed E-state index contributed by atoms with van der Waals surface area (Å²) in [6, 6.07) is 1.98. The van der Waals surface area contributed by atoms with Crippen LogP contribution in [-0.4, -0.2) is 17.3 Å². The maximum atomic E-state index is 11.5. The number of carbonyl (C=O) groups excluding carboxylic acids is 1. The average molecular weight is 262 g/mol. The Kier molecular flexibility index (Phi) is 4.87. The average Bonchev–Trinajstić information content (AvgIpc) is 2.67. The number of carbonyl (C=O) groups is 1. The molecule has 1 heterocycles. The zero-order valence-electron chi connectivity index (χ0n) is 9.23. The fraction of sp³-hybridized carbons (Fsp3) is 0.500. The minimum Gasteiger partial charge on any atom is -0.326 e. The van der Waals surface area contributed by atoms with Crippen molar-refractivity contribution in [1.82, 2.24) is 0 Å². The lowest BCUT2D eigenvalue weighted by molar-refractivity contribution is -0.122. The van der Waals surface area contributed by atoms with Crippen molar-refractivity contribution >= 4 is 25.4 Å². The summed E-state index contributed by atoms with van der Waals surface area (Å²) in [6.07, 6.45) is 0.304. The van der Waals surface area contributed by atoms with E-state index in [1.165, 1.54) is 0 Å². The Hall–Kier alpha value is -0.480. The molecule has 4 nitrogen and oxygen atoms in total. The molecular formula is C10H15O4PS. The van der Waals surface area contributed by atoms with Crippen molar-refractivity contribution in [2.75, 3.05) is 6.61 Å². The highest BCUT2D eigenvalue weighted by atomic mass is 32.1. The molecule has 0 aliphatic carbocycles. The highest BCUT2D eigenvalue weighted by Crippen LogP contribution is 2.29. The smallest absolute Gasteiger partial charge is 0.317 e. The van der Waals surface area contributed by atoms with E-state index in [-0.39, 0.29) is 17.8 Å². The van der Waals surface area contributed by atoms with Crippen molar-refractivity contribution < 1.29 is 18.8 Å². The van der Waals surface area contributed by atoms with Gasteiger partial charge in [0, 0.05) is 6.42 Å². The zero-order valence-corrected chi connectivity index (χ0v) is 11.0. The van der Waals surface area contributed by atoms with Gasteiger partial charge in [0.05, 0.1) is 0 Å². The second-order valence-electron chi connectivity index (χ2n) is 4.17. The third-order valence-electron chi connectivity index (χ3n) is 2.30. The van der Waals surface area contributed by atoms with Crippen LogP contribution in [0.15, 0.2) is 16.8 Å². The summed E-state index contributed by atoms with van der Waals surface area (Å²) >= 11 is 1.58. The molecule has 0 radical (unpaired) electrons. The minimum atomic E-state index is -3.01. The first-order valence-electron chi connectivity index (χ1n) is 4.82. The third kappa shape index (κ3) is 4.18.